The Morgan fingerprint density at radius 2 is 2.33 bits per heavy atom. The number of hydrogen-bond donors (Lipinski definition) is 1. The first-order valence-corrected chi connectivity index (χ1v) is 9.19. The molecule has 1 atom stereocenters. The highest BCUT2D eigenvalue weighted by molar-refractivity contribution is 5.94. The van der Waals surface area contributed by atoms with E-state index >= 15 is 0 Å². The van der Waals surface area contributed by atoms with Crippen molar-refractivity contribution >= 4 is 34.7 Å². The van der Waals surface area contributed by atoms with Gasteiger partial charge < -0.3 is 9.88 Å². The van der Waals surface area contributed by atoms with E-state index in [-0.39, 0.29) is 24.3 Å². The molecule has 7 nitrogen and oxygen atoms in total. The largest absolute Gasteiger partial charge is 0.346 e. The molecule has 0 aromatic carbocycles. The number of hydrogen-bond acceptors (Lipinski definition) is 4. The highest BCUT2D eigenvalue weighted by Crippen LogP contribution is 2.36. The Morgan fingerprint density at radius 3 is 3.00 bits per heavy atom. The third kappa shape index (κ3) is 3.19. The summed E-state index contributed by atoms with van der Waals surface area (Å²) in [6.07, 6.45) is 6.69. The summed E-state index contributed by atoms with van der Waals surface area (Å²) in [5.41, 5.74) is 2.95. The zero-order valence-corrected chi connectivity index (χ0v) is 15.2. The molecule has 0 spiro atoms. The van der Waals surface area contributed by atoms with Crippen LogP contribution in [0.5, 0.6) is 0 Å². The quantitative estimate of drug-likeness (QED) is 0.826. The van der Waals surface area contributed by atoms with Crippen molar-refractivity contribution in [1.29, 1.82) is 5.26 Å². The molecular weight excluding hydrogens is 342 g/mol. The number of anilines is 1. The lowest BCUT2D eigenvalue weighted by molar-refractivity contribution is -0.130. The van der Waals surface area contributed by atoms with Crippen LogP contribution in [0.3, 0.4) is 0 Å². The van der Waals surface area contributed by atoms with Crippen molar-refractivity contribution in [3.05, 3.63) is 30.0 Å². The Morgan fingerprint density at radius 1 is 1.52 bits per heavy atom. The molecule has 0 saturated heterocycles. The number of nitrogens with one attached hydrogen (secondary N) is 1. The summed E-state index contributed by atoms with van der Waals surface area (Å²) >= 11 is 0. The molecule has 2 aromatic rings. The van der Waals surface area contributed by atoms with Crippen LogP contribution in [0, 0.1) is 17.2 Å². The summed E-state index contributed by atoms with van der Waals surface area (Å²) in [4.78, 5) is 34.8. The number of carbonyl (C=O) groups excluding carboxylic acids is 2. The minimum absolute atomic E-state index is 0.0902. The first kappa shape index (κ1) is 17.3. The Hall–Kier alpha value is -3.14. The van der Waals surface area contributed by atoms with Crippen molar-refractivity contribution in [2.45, 2.75) is 32.2 Å². The Kier molecular flexibility index (Phi) is 4.40. The highest BCUT2D eigenvalue weighted by Gasteiger charge is 2.31. The molecule has 1 aliphatic carbocycles. The molecule has 1 saturated carbocycles. The van der Waals surface area contributed by atoms with Gasteiger partial charge in [0.15, 0.2) is 0 Å². The fourth-order valence-electron chi connectivity index (χ4n) is 3.75. The molecule has 1 fully saturated rings. The lowest BCUT2D eigenvalue weighted by Gasteiger charge is -2.31. The van der Waals surface area contributed by atoms with Gasteiger partial charge in [0.1, 0.15) is 17.9 Å². The lowest BCUT2D eigenvalue weighted by atomic mass is 9.89. The molecule has 2 aromatic heterocycles. The summed E-state index contributed by atoms with van der Waals surface area (Å²) in [5, 5.41) is 9.77. The molecule has 138 valence electrons. The van der Waals surface area contributed by atoms with Crippen molar-refractivity contribution in [3.8, 4) is 6.07 Å². The smallest absolute Gasteiger partial charge is 0.237 e. The first-order chi connectivity index (χ1) is 13.1. The van der Waals surface area contributed by atoms with E-state index in [2.05, 4.69) is 23.0 Å². The molecule has 0 radical (unpaired) electrons. The minimum Gasteiger partial charge on any atom is -0.346 e. The van der Waals surface area contributed by atoms with Gasteiger partial charge in [0.2, 0.25) is 12.3 Å². The molecule has 1 aliphatic heterocycles. The van der Waals surface area contributed by atoms with E-state index in [1.807, 2.05) is 24.4 Å². The second kappa shape index (κ2) is 6.88. The van der Waals surface area contributed by atoms with E-state index < -0.39 is 0 Å². The first-order valence-electron chi connectivity index (χ1n) is 9.19. The zero-order valence-electron chi connectivity index (χ0n) is 15.2. The van der Waals surface area contributed by atoms with Crippen LogP contribution >= 0.6 is 0 Å². The summed E-state index contributed by atoms with van der Waals surface area (Å²) in [5.74, 6) is 0.650. The minimum atomic E-state index is -0.136. The van der Waals surface area contributed by atoms with Gasteiger partial charge in [-0.25, -0.2) is 4.98 Å². The van der Waals surface area contributed by atoms with E-state index in [0.29, 0.717) is 18.9 Å². The maximum absolute atomic E-state index is 12.0. The maximum Gasteiger partial charge on any atom is 0.237 e. The van der Waals surface area contributed by atoms with Gasteiger partial charge in [-0.15, -0.1) is 0 Å². The van der Waals surface area contributed by atoms with Gasteiger partial charge in [0, 0.05) is 30.7 Å². The van der Waals surface area contributed by atoms with E-state index in [9.17, 15) is 9.59 Å². The van der Waals surface area contributed by atoms with Gasteiger partial charge in [-0.2, -0.15) is 5.26 Å². The van der Waals surface area contributed by atoms with Crippen LogP contribution in [0.15, 0.2) is 24.4 Å². The molecule has 3 heterocycles. The number of carbonyl (C=O) groups is 2. The Balaban J connectivity index is 1.72. The summed E-state index contributed by atoms with van der Waals surface area (Å²) in [7, 11) is 0. The summed E-state index contributed by atoms with van der Waals surface area (Å²) in [6.45, 7) is 3.15. The molecule has 1 N–H and O–H groups in total. The number of fused-ring (bicyclic) bond motifs is 1. The average Bonchev–Trinajstić information content (AvgIpc) is 3.38. The molecule has 0 unspecified atom stereocenters. The predicted octanol–water partition coefficient (Wildman–Crippen LogP) is 2.46. The van der Waals surface area contributed by atoms with E-state index in [1.165, 1.54) is 0 Å². The number of rotatable bonds is 5. The fourth-order valence-corrected chi connectivity index (χ4v) is 3.75. The molecule has 27 heavy (non-hydrogen) atoms. The number of nitrogens with zero attached hydrogens (tertiary/aromatic N) is 4. The standard InChI is InChI=1S/C20H21N5O2/c1-13-11-24(19(27)4-7-21)9-6-15(13)17-10-18(25(12-26)14-2-3-14)23-20-16(17)5-8-22-20/h5-6,8,10,12-14H,2-4,9,11H2,1H3,(H,22,23)/t13-/m1/s1. The monoisotopic (exact) mass is 363 g/mol. The number of pyridine rings is 1. The van der Waals surface area contributed by atoms with Gasteiger partial charge in [0.05, 0.1) is 6.07 Å². The summed E-state index contributed by atoms with van der Waals surface area (Å²) < 4.78 is 0. The molecule has 4 rings (SSSR count). The second-order valence-electron chi connectivity index (χ2n) is 7.21. The van der Waals surface area contributed by atoms with Crippen LogP contribution in [0.2, 0.25) is 0 Å². The van der Waals surface area contributed by atoms with Gasteiger partial charge in [0.25, 0.3) is 0 Å². The van der Waals surface area contributed by atoms with Gasteiger partial charge in [-0.05, 0) is 42.0 Å². The molecule has 7 heteroatoms. The number of H-pyrrole nitrogens is 1. The second-order valence-corrected chi connectivity index (χ2v) is 7.21. The normalized spacial score (nSPS) is 19.5. The van der Waals surface area contributed by atoms with E-state index in [0.717, 1.165) is 41.4 Å². The zero-order chi connectivity index (χ0) is 19.0. The van der Waals surface area contributed by atoms with Crippen molar-refractivity contribution in [1.82, 2.24) is 14.9 Å². The van der Waals surface area contributed by atoms with Crippen LogP contribution < -0.4 is 4.90 Å². The predicted molar refractivity (Wildman–Crippen MR) is 102 cm³/mol. The number of aromatic amines is 1. The lowest BCUT2D eigenvalue weighted by Crippen LogP contribution is -2.38. The molecule has 0 bridgehead atoms. The van der Waals surface area contributed by atoms with Gasteiger partial charge >= 0.3 is 0 Å². The van der Waals surface area contributed by atoms with Crippen molar-refractivity contribution in [2.75, 3.05) is 18.0 Å². The van der Waals surface area contributed by atoms with Crippen LogP contribution in [-0.2, 0) is 9.59 Å². The maximum atomic E-state index is 12.0. The number of nitriles is 1. The SMILES string of the molecule is C[C@@H]1CN(C(=O)CC#N)CC=C1c1cc(N(C=O)C2CC2)nc2[nH]ccc12. The third-order valence-corrected chi connectivity index (χ3v) is 5.28. The average molecular weight is 363 g/mol. The Bertz CT molecular complexity index is 966. The van der Waals surface area contributed by atoms with Crippen LogP contribution in [0.4, 0.5) is 5.82 Å². The molecular formula is C20H21N5O2. The number of aromatic nitrogens is 2. The topological polar surface area (TPSA) is 93.1 Å². The third-order valence-electron chi connectivity index (χ3n) is 5.28. The molecule has 2 amide bonds. The van der Waals surface area contributed by atoms with Crippen molar-refractivity contribution in [3.63, 3.8) is 0 Å². The van der Waals surface area contributed by atoms with Crippen molar-refractivity contribution < 1.29 is 9.59 Å². The van der Waals surface area contributed by atoms with Gasteiger partial charge in [-0.1, -0.05) is 13.0 Å². The highest BCUT2D eigenvalue weighted by atomic mass is 16.2. The molecule has 2 aliphatic rings. The summed E-state index contributed by atoms with van der Waals surface area (Å²) in [6, 6.07) is 6.14. The van der Waals surface area contributed by atoms with E-state index in [1.54, 1.807) is 9.80 Å². The van der Waals surface area contributed by atoms with Gasteiger partial charge in [-0.3, -0.25) is 14.5 Å². The number of amides is 2. The van der Waals surface area contributed by atoms with Crippen LogP contribution in [0.25, 0.3) is 16.6 Å². The van der Waals surface area contributed by atoms with Crippen LogP contribution in [0.1, 0.15) is 31.7 Å². The fraction of sp³-hybridized carbons (Fsp3) is 0.400. The van der Waals surface area contributed by atoms with Crippen LogP contribution in [-0.4, -0.2) is 46.3 Å². The van der Waals surface area contributed by atoms with E-state index in [4.69, 9.17) is 5.26 Å². The Labute approximate surface area is 157 Å². The van der Waals surface area contributed by atoms with Crippen molar-refractivity contribution in [2.24, 2.45) is 5.92 Å².